The van der Waals surface area contributed by atoms with Gasteiger partial charge in [0, 0.05) is 49.1 Å². The van der Waals surface area contributed by atoms with Gasteiger partial charge in [-0.05, 0) is 44.4 Å². The van der Waals surface area contributed by atoms with E-state index in [2.05, 4.69) is 31.6 Å². The van der Waals surface area contributed by atoms with Crippen LogP contribution in [0.3, 0.4) is 0 Å². The normalized spacial score (nSPS) is 25.8. The molecular formula is C33H37ClF5N7OSi. The van der Waals surface area contributed by atoms with Gasteiger partial charge in [-0.25, -0.2) is 13.8 Å². The minimum atomic E-state index is -4.96. The largest absolute Gasteiger partial charge is 0.461 e. The number of hydrogen-bond donors (Lipinski definition) is 2. The molecule has 4 atom stereocenters. The summed E-state index contributed by atoms with van der Waals surface area (Å²) in [6.07, 6.45) is -2.04. The molecule has 48 heavy (non-hydrogen) atoms. The van der Waals surface area contributed by atoms with Crippen molar-refractivity contribution in [1.82, 2.24) is 25.2 Å². The van der Waals surface area contributed by atoms with Gasteiger partial charge in [0.25, 0.3) is 0 Å². The second-order valence-electron chi connectivity index (χ2n) is 14.5. The predicted octanol–water partition coefficient (Wildman–Crippen LogP) is 6.21. The number of pyridine rings is 1. The lowest BCUT2D eigenvalue weighted by atomic mass is 9.95. The fourth-order valence-electron chi connectivity index (χ4n) is 7.69. The molecule has 0 aliphatic carbocycles. The van der Waals surface area contributed by atoms with E-state index < -0.39 is 54.2 Å². The van der Waals surface area contributed by atoms with Crippen LogP contribution < -0.4 is 20.7 Å². The summed E-state index contributed by atoms with van der Waals surface area (Å²) < 4.78 is 81.9. The van der Waals surface area contributed by atoms with Gasteiger partial charge < -0.3 is 20.7 Å². The highest BCUT2D eigenvalue weighted by Gasteiger charge is 2.49. The average molecular weight is 706 g/mol. The standard InChI is InChI=1S/C33H37ClF5N7OSi/c1-48(2,3)10-7-18-11-24(40)42-29(26(18)33(37,38)39)25-23(34)12-22-28(27(25)36)43-31(44-30(22)45-15-20-5-6-21(16-45)41-20)47-17-32-8-4-9-46(32)14-19(35)13-32/h11-12,19-21,41H,4-6,8-9,13-17H2,1-3H3,(H2,40,42)/t19-,20?,21?,32+/m1/s1. The molecule has 0 radical (unpaired) electrons. The Morgan fingerprint density at radius 1 is 1.12 bits per heavy atom. The van der Waals surface area contributed by atoms with Crippen LogP contribution in [-0.4, -0.2) is 84.5 Å². The van der Waals surface area contributed by atoms with Crippen molar-refractivity contribution in [2.75, 3.05) is 43.4 Å². The van der Waals surface area contributed by atoms with E-state index in [4.69, 9.17) is 27.1 Å². The van der Waals surface area contributed by atoms with Crippen molar-refractivity contribution in [2.45, 2.75) is 81.7 Å². The summed E-state index contributed by atoms with van der Waals surface area (Å²) in [5.41, 5.74) is 5.17. The number of piperazine rings is 1. The summed E-state index contributed by atoms with van der Waals surface area (Å²) in [4.78, 5) is 17.2. The number of anilines is 2. The van der Waals surface area contributed by atoms with Crippen molar-refractivity contribution in [2.24, 2.45) is 0 Å². The fraction of sp³-hybridized carbons (Fsp3) is 0.545. The first-order valence-corrected chi connectivity index (χ1v) is 20.1. The van der Waals surface area contributed by atoms with Crippen molar-refractivity contribution < 1.29 is 26.7 Å². The Kier molecular flexibility index (Phi) is 8.29. The summed E-state index contributed by atoms with van der Waals surface area (Å²) in [6, 6.07) is 2.69. The first-order chi connectivity index (χ1) is 22.6. The Balaban J connectivity index is 1.39. The second kappa shape index (κ2) is 12.0. The van der Waals surface area contributed by atoms with Gasteiger partial charge in [0.2, 0.25) is 0 Å². The third-order valence-corrected chi connectivity index (χ3v) is 10.9. The van der Waals surface area contributed by atoms with Crippen molar-refractivity contribution in [1.29, 1.82) is 0 Å². The third kappa shape index (κ3) is 6.19. The zero-order valence-electron chi connectivity index (χ0n) is 26.9. The first kappa shape index (κ1) is 33.3. The maximum atomic E-state index is 16.9. The van der Waals surface area contributed by atoms with Crippen molar-refractivity contribution in [3.63, 3.8) is 0 Å². The zero-order chi connectivity index (χ0) is 34.2. The van der Waals surface area contributed by atoms with E-state index in [1.54, 1.807) is 0 Å². The summed E-state index contributed by atoms with van der Waals surface area (Å²) >= 11 is 6.68. The van der Waals surface area contributed by atoms with Crippen LogP contribution in [-0.2, 0) is 6.18 Å². The number of nitrogens with zero attached hydrogens (tertiary/aromatic N) is 5. The Morgan fingerprint density at radius 2 is 1.85 bits per heavy atom. The summed E-state index contributed by atoms with van der Waals surface area (Å²) in [6.45, 7) is 8.03. The van der Waals surface area contributed by atoms with Gasteiger partial charge >= 0.3 is 12.2 Å². The summed E-state index contributed by atoms with van der Waals surface area (Å²) in [5.74, 6) is 1.64. The minimum absolute atomic E-state index is 0.0986. The molecule has 4 aliphatic rings. The Hall–Kier alpha value is -3.25. The van der Waals surface area contributed by atoms with Crippen molar-refractivity contribution in [3.8, 4) is 28.7 Å². The molecule has 0 saturated carbocycles. The number of halogens is 6. The molecule has 15 heteroatoms. The van der Waals surface area contributed by atoms with E-state index in [1.165, 1.54) is 6.07 Å². The predicted molar refractivity (Wildman–Crippen MR) is 178 cm³/mol. The molecule has 2 unspecified atom stereocenters. The van der Waals surface area contributed by atoms with Gasteiger partial charge in [0.1, 0.15) is 38.0 Å². The van der Waals surface area contributed by atoms with Crippen LogP contribution in [0.4, 0.5) is 33.6 Å². The smallest absolute Gasteiger partial charge is 0.419 e. The van der Waals surface area contributed by atoms with Gasteiger partial charge in [-0.1, -0.05) is 37.2 Å². The van der Waals surface area contributed by atoms with Crippen LogP contribution in [0.15, 0.2) is 12.1 Å². The molecule has 6 heterocycles. The van der Waals surface area contributed by atoms with Crippen LogP contribution in [0.5, 0.6) is 6.01 Å². The highest BCUT2D eigenvalue weighted by Crippen LogP contribution is 2.45. The van der Waals surface area contributed by atoms with Gasteiger partial charge in [0.15, 0.2) is 5.82 Å². The van der Waals surface area contributed by atoms with E-state index in [9.17, 15) is 17.6 Å². The van der Waals surface area contributed by atoms with Gasteiger partial charge in [-0.15, -0.1) is 5.54 Å². The molecule has 2 aromatic heterocycles. The average Bonchev–Trinajstić information content (AvgIpc) is 3.64. The molecule has 2 bridgehead atoms. The van der Waals surface area contributed by atoms with Gasteiger partial charge in [-0.3, -0.25) is 4.90 Å². The lowest BCUT2D eigenvalue weighted by Gasteiger charge is -2.34. The lowest BCUT2D eigenvalue weighted by molar-refractivity contribution is -0.137. The van der Waals surface area contributed by atoms with Crippen LogP contribution >= 0.6 is 11.6 Å². The molecule has 4 fully saturated rings. The molecule has 3 N–H and O–H groups in total. The van der Waals surface area contributed by atoms with E-state index in [0.717, 1.165) is 38.3 Å². The van der Waals surface area contributed by atoms with E-state index in [1.807, 2.05) is 24.5 Å². The highest BCUT2D eigenvalue weighted by molar-refractivity contribution is 6.83. The number of nitrogens with one attached hydrogen (secondary N) is 1. The molecule has 0 amide bonds. The monoisotopic (exact) mass is 705 g/mol. The van der Waals surface area contributed by atoms with Crippen LogP contribution in [0.1, 0.15) is 43.2 Å². The molecule has 7 rings (SSSR count). The number of benzene rings is 1. The highest BCUT2D eigenvalue weighted by atomic mass is 35.5. The molecule has 4 aliphatic heterocycles. The molecule has 3 aromatic rings. The quantitative estimate of drug-likeness (QED) is 0.184. The summed E-state index contributed by atoms with van der Waals surface area (Å²) in [5, 5.41) is 3.49. The van der Waals surface area contributed by atoms with Gasteiger partial charge in [-0.2, -0.15) is 23.1 Å². The number of hydrogen-bond acceptors (Lipinski definition) is 8. The van der Waals surface area contributed by atoms with E-state index in [0.29, 0.717) is 31.9 Å². The van der Waals surface area contributed by atoms with E-state index in [-0.39, 0.29) is 46.4 Å². The van der Waals surface area contributed by atoms with Gasteiger partial charge in [0.05, 0.1) is 27.4 Å². The molecule has 8 nitrogen and oxygen atoms in total. The number of fused-ring (bicyclic) bond motifs is 4. The fourth-order valence-corrected chi connectivity index (χ4v) is 8.48. The minimum Gasteiger partial charge on any atom is -0.461 e. The van der Waals surface area contributed by atoms with Crippen LogP contribution in [0.25, 0.3) is 22.2 Å². The second-order valence-corrected chi connectivity index (χ2v) is 19.7. The maximum absolute atomic E-state index is 16.9. The Labute approximate surface area is 281 Å². The van der Waals surface area contributed by atoms with Crippen molar-refractivity contribution >= 4 is 42.2 Å². The number of nitrogen functional groups attached to an aromatic ring is 1. The third-order valence-electron chi connectivity index (χ3n) is 9.72. The number of alkyl halides is 4. The Morgan fingerprint density at radius 3 is 2.54 bits per heavy atom. The SMILES string of the molecule is C[Si](C)(C)C#Cc1cc(N)nc(-c2c(Cl)cc3c(N4CC5CCC(C4)N5)nc(OC[C@@]45CCCN4C[C@H](F)C5)nc3c2F)c1C(F)(F)F. The zero-order valence-corrected chi connectivity index (χ0v) is 28.7. The molecule has 256 valence electrons. The number of ether oxygens (including phenoxy) is 1. The number of nitrogens with two attached hydrogens (primary N) is 1. The Bertz CT molecular complexity index is 1830. The summed E-state index contributed by atoms with van der Waals surface area (Å²) in [7, 11) is -2.11. The lowest BCUT2D eigenvalue weighted by Crippen LogP contribution is -2.51. The molecule has 1 aromatic carbocycles. The van der Waals surface area contributed by atoms with E-state index >= 15 is 4.39 Å². The van der Waals surface area contributed by atoms with Crippen LogP contribution in [0.2, 0.25) is 24.7 Å². The topological polar surface area (TPSA) is 92.4 Å². The first-order valence-electron chi connectivity index (χ1n) is 16.2. The van der Waals surface area contributed by atoms with Crippen molar-refractivity contribution in [3.05, 3.63) is 34.1 Å². The van der Waals surface area contributed by atoms with Crippen LogP contribution in [0, 0.1) is 17.3 Å². The molecule has 0 spiro atoms. The number of rotatable bonds is 5. The number of aromatic nitrogens is 3. The molecule has 4 saturated heterocycles. The maximum Gasteiger partial charge on any atom is 0.419 e. The molecular weight excluding hydrogens is 669 g/mol.